The predicted molar refractivity (Wildman–Crippen MR) is 142 cm³/mol. The number of benzene rings is 2. The second-order valence-electron chi connectivity index (χ2n) is 10.8. The van der Waals surface area contributed by atoms with Gasteiger partial charge in [-0.05, 0) is 49.0 Å². The van der Waals surface area contributed by atoms with Gasteiger partial charge in [-0.15, -0.1) is 0 Å². The highest BCUT2D eigenvalue weighted by Gasteiger charge is 2.43. The highest BCUT2D eigenvalue weighted by Crippen LogP contribution is 2.49. The average Bonchev–Trinajstić information content (AvgIpc) is 2.83. The number of fused-ring (bicyclic) bond motifs is 3. The first kappa shape index (κ1) is 27.0. The van der Waals surface area contributed by atoms with Crippen molar-refractivity contribution in [3.63, 3.8) is 0 Å². The second-order valence-corrected chi connectivity index (χ2v) is 14.8. The molecule has 5 rings (SSSR count). The molecular weight excluding hydrogens is 532 g/mol. The Hall–Kier alpha value is -3.54. The van der Waals surface area contributed by atoms with Gasteiger partial charge in [0.1, 0.15) is 30.9 Å². The summed E-state index contributed by atoms with van der Waals surface area (Å²) >= 11 is 0. The molecule has 210 valence electrons. The van der Waals surface area contributed by atoms with Crippen LogP contribution in [0.5, 0.6) is 11.5 Å². The van der Waals surface area contributed by atoms with E-state index in [1.807, 2.05) is 0 Å². The van der Waals surface area contributed by atoms with Crippen molar-refractivity contribution < 1.29 is 37.7 Å². The fraction of sp³-hybridized carbons (Fsp3) is 0.444. The molecule has 39 heavy (non-hydrogen) atoms. The van der Waals surface area contributed by atoms with Gasteiger partial charge in [0.25, 0.3) is 5.91 Å². The van der Waals surface area contributed by atoms with Crippen LogP contribution in [-0.4, -0.2) is 84.4 Å². The number of nitrogens with one attached hydrogen (secondary N) is 1. The lowest BCUT2D eigenvalue weighted by Gasteiger charge is -2.45. The van der Waals surface area contributed by atoms with Crippen LogP contribution in [0.3, 0.4) is 0 Å². The molecule has 3 aliphatic rings. The van der Waals surface area contributed by atoms with Gasteiger partial charge in [0.15, 0.2) is 11.5 Å². The first-order valence-corrected chi connectivity index (χ1v) is 15.5. The third kappa shape index (κ3) is 5.21. The van der Waals surface area contributed by atoms with Crippen LogP contribution in [0.25, 0.3) is 0 Å². The molecule has 2 N–H and O–H groups in total. The Kier molecular flexibility index (Phi) is 7.08. The number of carboxylic acids is 1. The number of anilines is 1. The number of urea groups is 1. The number of carbonyl (C=O) groups is 3. The molecule has 3 aliphatic heterocycles. The van der Waals surface area contributed by atoms with Crippen molar-refractivity contribution in [3.05, 3.63) is 47.0 Å². The van der Waals surface area contributed by atoms with E-state index >= 15 is 0 Å². The zero-order chi connectivity index (χ0) is 28.1. The second kappa shape index (κ2) is 10.2. The number of hydrogen-bond donors (Lipinski definition) is 2. The number of carboxylic acid groups (broad SMARTS) is 1. The molecule has 1 saturated heterocycles. The molecule has 9 nitrogen and oxygen atoms in total. The van der Waals surface area contributed by atoms with E-state index in [0.29, 0.717) is 36.7 Å². The maximum Gasteiger partial charge on any atom is 0.320 e. The number of nitrogens with zero attached hydrogens (tertiary/aromatic N) is 2. The Morgan fingerprint density at radius 2 is 1.74 bits per heavy atom. The topological polar surface area (TPSA) is 108 Å². The molecule has 2 aromatic carbocycles. The van der Waals surface area contributed by atoms with Crippen LogP contribution in [0.2, 0.25) is 0 Å². The Bertz CT molecular complexity index is 1320. The first-order valence-electron chi connectivity index (χ1n) is 12.6. The van der Waals surface area contributed by atoms with Gasteiger partial charge in [-0.2, -0.15) is 0 Å². The summed E-state index contributed by atoms with van der Waals surface area (Å²) in [5.41, 5.74) is 1.23. The molecule has 0 aromatic heterocycles. The standard InChI is InChI=1S/C27H31F2N3O6S/c1-39(2,3)25-19(28)11-16(12-20(25)29)30-26(35)23-17-4-5-21-24(38-9-8-37-21)18(17)6-7-32(23)27(36)31-13-15(14-31)10-22(33)34/h4-5,11-12,15,23H,6-10,13-14H2,1-3H3,(H,30,35)(H,33,34)/t23-/m1/s1. The number of likely N-dealkylation sites (tertiary alicyclic amines) is 1. The van der Waals surface area contributed by atoms with Crippen LogP contribution < -0.4 is 14.8 Å². The van der Waals surface area contributed by atoms with Crippen LogP contribution in [-0.2, 0) is 16.0 Å². The summed E-state index contributed by atoms with van der Waals surface area (Å²) < 4.78 is 41.3. The van der Waals surface area contributed by atoms with Crippen molar-refractivity contribution in [3.8, 4) is 11.5 Å². The molecule has 12 heteroatoms. The van der Waals surface area contributed by atoms with Crippen molar-refractivity contribution in [2.24, 2.45) is 5.92 Å². The van der Waals surface area contributed by atoms with Gasteiger partial charge in [0.05, 0.1) is 11.3 Å². The highest BCUT2D eigenvalue weighted by molar-refractivity contribution is 8.32. The van der Waals surface area contributed by atoms with E-state index in [1.54, 1.807) is 30.9 Å². The Morgan fingerprint density at radius 3 is 2.38 bits per heavy atom. The van der Waals surface area contributed by atoms with Crippen molar-refractivity contribution in [2.45, 2.75) is 23.8 Å². The lowest BCUT2D eigenvalue weighted by atomic mass is 9.90. The molecule has 0 unspecified atom stereocenters. The van der Waals surface area contributed by atoms with Gasteiger partial charge < -0.3 is 29.7 Å². The first-order chi connectivity index (χ1) is 18.4. The normalized spacial score (nSPS) is 19.2. The van der Waals surface area contributed by atoms with Gasteiger partial charge >= 0.3 is 12.0 Å². The number of rotatable bonds is 5. The molecule has 0 bridgehead atoms. The minimum Gasteiger partial charge on any atom is -0.486 e. The SMILES string of the molecule is CS(C)(C)c1c(F)cc(NC(=O)[C@H]2c3ccc4c(c3CCN2C(=O)N2CC(CC(=O)O)C2)OCCO4)cc1F. The van der Waals surface area contributed by atoms with E-state index in [4.69, 9.17) is 14.6 Å². The maximum absolute atomic E-state index is 14.9. The lowest BCUT2D eigenvalue weighted by Crippen LogP contribution is -2.58. The van der Waals surface area contributed by atoms with Crippen LogP contribution in [0.4, 0.5) is 19.3 Å². The van der Waals surface area contributed by atoms with Crippen molar-refractivity contribution in [1.29, 1.82) is 0 Å². The summed E-state index contributed by atoms with van der Waals surface area (Å²) in [7, 11) is -1.70. The fourth-order valence-corrected chi connectivity index (χ4v) is 6.72. The maximum atomic E-state index is 14.9. The van der Waals surface area contributed by atoms with Crippen LogP contribution >= 0.6 is 10.0 Å². The van der Waals surface area contributed by atoms with E-state index in [9.17, 15) is 23.2 Å². The molecule has 0 saturated carbocycles. The number of aliphatic carboxylic acids is 1. The van der Waals surface area contributed by atoms with E-state index < -0.39 is 45.6 Å². The van der Waals surface area contributed by atoms with Gasteiger partial charge in [0.2, 0.25) is 0 Å². The predicted octanol–water partition coefficient (Wildman–Crippen LogP) is 3.85. The molecule has 1 atom stereocenters. The van der Waals surface area contributed by atoms with Gasteiger partial charge in [-0.25, -0.2) is 23.6 Å². The number of ether oxygens (including phenoxy) is 2. The number of amides is 3. The zero-order valence-corrected chi connectivity index (χ0v) is 22.8. The summed E-state index contributed by atoms with van der Waals surface area (Å²) in [6.07, 6.45) is 5.70. The Labute approximate surface area is 226 Å². The smallest absolute Gasteiger partial charge is 0.320 e. The molecule has 0 radical (unpaired) electrons. The van der Waals surface area contributed by atoms with Crippen LogP contribution in [0, 0.1) is 17.6 Å². The van der Waals surface area contributed by atoms with E-state index in [0.717, 1.165) is 17.7 Å². The van der Waals surface area contributed by atoms with Crippen LogP contribution in [0.15, 0.2) is 29.2 Å². The van der Waals surface area contributed by atoms with Gasteiger partial charge in [-0.1, -0.05) is 6.07 Å². The van der Waals surface area contributed by atoms with E-state index in [-0.39, 0.29) is 42.6 Å². The third-order valence-corrected chi connectivity index (χ3v) is 8.73. The van der Waals surface area contributed by atoms with E-state index in [2.05, 4.69) is 5.32 Å². The number of hydrogen-bond acceptors (Lipinski definition) is 5. The molecule has 1 fully saturated rings. The number of carbonyl (C=O) groups excluding carboxylic acids is 2. The Balaban J connectivity index is 1.46. The highest BCUT2D eigenvalue weighted by atomic mass is 32.3. The van der Waals surface area contributed by atoms with E-state index in [1.165, 1.54) is 9.80 Å². The average molecular weight is 564 g/mol. The van der Waals surface area contributed by atoms with Crippen molar-refractivity contribution in [1.82, 2.24) is 9.80 Å². The quantitative estimate of drug-likeness (QED) is 0.572. The molecule has 2 aromatic rings. The van der Waals surface area contributed by atoms with Gasteiger partial charge in [0, 0.05) is 36.8 Å². The minimum absolute atomic E-state index is 0.00205. The number of halogens is 2. The summed E-state index contributed by atoms with van der Waals surface area (Å²) in [6.45, 7) is 1.49. The largest absolute Gasteiger partial charge is 0.486 e. The molecule has 3 amide bonds. The van der Waals surface area contributed by atoms with Gasteiger partial charge in [-0.3, -0.25) is 9.59 Å². The molecular formula is C27H31F2N3O6S. The summed E-state index contributed by atoms with van der Waals surface area (Å²) in [6, 6.07) is 4.09. The zero-order valence-electron chi connectivity index (χ0n) is 22.0. The van der Waals surface area contributed by atoms with Crippen molar-refractivity contribution >= 4 is 33.6 Å². The van der Waals surface area contributed by atoms with Crippen LogP contribution in [0.1, 0.15) is 23.6 Å². The monoisotopic (exact) mass is 563 g/mol. The Morgan fingerprint density at radius 1 is 1.08 bits per heavy atom. The lowest BCUT2D eigenvalue weighted by molar-refractivity contribution is -0.139. The summed E-state index contributed by atoms with van der Waals surface area (Å²) in [5, 5.41) is 11.7. The fourth-order valence-electron chi connectivity index (χ4n) is 5.43. The summed E-state index contributed by atoms with van der Waals surface area (Å²) in [5.74, 6) is -2.10. The van der Waals surface area contributed by atoms with Crippen molar-refractivity contribution in [2.75, 3.05) is 56.9 Å². The molecule has 0 spiro atoms. The molecule has 3 heterocycles. The third-order valence-electron chi connectivity index (χ3n) is 7.12. The minimum atomic E-state index is -1.70. The molecule has 0 aliphatic carbocycles. The summed E-state index contributed by atoms with van der Waals surface area (Å²) in [4.78, 5) is 41.2.